The zero-order chi connectivity index (χ0) is 13.4. The molecule has 0 saturated heterocycles. The first-order chi connectivity index (χ1) is 9.18. The van der Waals surface area contributed by atoms with Crippen LogP contribution in [0.4, 0.5) is 4.39 Å². The first kappa shape index (κ1) is 11.7. The maximum absolute atomic E-state index is 13.8. The summed E-state index contributed by atoms with van der Waals surface area (Å²) in [6.07, 6.45) is 0. The molecule has 0 aliphatic carbocycles. The van der Waals surface area contributed by atoms with Crippen molar-refractivity contribution in [3.63, 3.8) is 0 Å². The molecule has 94 valence electrons. The van der Waals surface area contributed by atoms with Crippen LogP contribution in [-0.4, -0.2) is 0 Å². The Morgan fingerprint density at radius 2 is 1.68 bits per heavy atom. The van der Waals surface area contributed by atoms with E-state index in [-0.39, 0.29) is 5.43 Å². The highest BCUT2D eigenvalue weighted by molar-refractivity contribution is 5.80. The Bertz CT molecular complexity index is 818. The Balaban J connectivity index is 2.40. The van der Waals surface area contributed by atoms with Gasteiger partial charge in [-0.05, 0) is 31.2 Å². The van der Waals surface area contributed by atoms with Gasteiger partial charge in [-0.25, -0.2) is 4.39 Å². The lowest BCUT2D eigenvalue weighted by atomic mass is 10.1. The topological polar surface area (TPSA) is 30.2 Å². The molecule has 3 rings (SSSR count). The van der Waals surface area contributed by atoms with Crippen molar-refractivity contribution < 1.29 is 8.81 Å². The third-order valence-corrected chi connectivity index (χ3v) is 3.14. The van der Waals surface area contributed by atoms with Crippen LogP contribution in [0.2, 0.25) is 0 Å². The summed E-state index contributed by atoms with van der Waals surface area (Å²) in [4.78, 5) is 12.3. The van der Waals surface area contributed by atoms with Gasteiger partial charge in [0.25, 0.3) is 0 Å². The minimum absolute atomic E-state index is 0.125. The Morgan fingerprint density at radius 3 is 2.47 bits per heavy atom. The van der Waals surface area contributed by atoms with Gasteiger partial charge < -0.3 is 4.42 Å². The van der Waals surface area contributed by atoms with Gasteiger partial charge in [0.15, 0.2) is 5.43 Å². The first-order valence-electron chi connectivity index (χ1n) is 5.96. The Labute approximate surface area is 109 Å². The molecule has 0 N–H and O–H groups in total. The van der Waals surface area contributed by atoms with E-state index >= 15 is 0 Å². The highest BCUT2D eigenvalue weighted by Crippen LogP contribution is 2.27. The Kier molecular flexibility index (Phi) is 2.67. The van der Waals surface area contributed by atoms with Crippen LogP contribution < -0.4 is 5.43 Å². The summed E-state index contributed by atoms with van der Waals surface area (Å²) in [5.41, 5.74) is 1.07. The zero-order valence-corrected chi connectivity index (χ0v) is 10.3. The minimum Gasteiger partial charge on any atom is -0.455 e. The van der Waals surface area contributed by atoms with Crippen molar-refractivity contribution in [2.24, 2.45) is 0 Å². The van der Waals surface area contributed by atoms with Gasteiger partial charge >= 0.3 is 0 Å². The van der Waals surface area contributed by atoms with Gasteiger partial charge in [-0.2, -0.15) is 0 Å². The molecule has 2 aromatic carbocycles. The van der Waals surface area contributed by atoms with E-state index in [1.54, 1.807) is 49.4 Å². The smallest absolute Gasteiger partial charge is 0.196 e. The fourth-order valence-corrected chi connectivity index (χ4v) is 2.14. The third kappa shape index (κ3) is 1.83. The van der Waals surface area contributed by atoms with Crippen molar-refractivity contribution in [3.8, 4) is 11.3 Å². The van der Waals surface area contributed by atoms with Crippen LogP contribution in [-0.2, 0) is 0 Å². The van der Waals surface area contributed by atoms with E-state index in [0.717, 1.165) is 0 Å². The molecule has 0 aliphatic heterocycles. The zero-order valence-electron chi connectivity index (χ0n) is 10.3. The molecular weight excluding hydrogens is 243 g/mol. The van der Waals surface area contributed by atoms with Crippen molar-refractivity contribution in [2.45, 2.75) is 6.92 Å². The Morgan fingerprint density at radius 1 is 1.00 bits per heavy atom. The summed E-state index contributed by atoms with van der Waals surface area (Å²) in [5.74, 6) is -0.106. The molecule has 0 saturated carbocycles. The lowest BCUT2D eigenvalue weighted by Crippen LogP contribution is -2.07. The van der Waals surface area contributed by atoms with E-state index in [4.69, 9.17) is 4.42 Å². The lowest BCUT2D eigenvalue weighted by Gasteiger charge is -2.07. The van der Waals surface area contributed by atoms with Crippen LogP contribution >= 0.6 is 0 Å². The number of hydrogen-bond donors (Lipinski definition) is 0. The van der Waals surface area contributed by atoms with Gasteiger partial charge in [-0.1, -0.05) is 24.3 Å². The summed E-state index contributed by atoms with van der Waals surface area (Å²) in [6.45, 7) is 1.65. The molecule has 1 heterocycles. The predicted octanol–water partition coefficient (Wildman–Crippen LogP) is 3.91. The van der Waals surface area contributed by atoms with Crippen molar-refractivity contribution in [1.29, 1.82) is 0 Å². The number of rotatable bonds is 1. The quantitative estimate of drug-likeness (QED) is 0.659. The van der Waals surface area contributed by atoms with Gasteiger partial charge in [-0.3, -0.25) is 4.79 Å². The summed E-state index contributed by atoms with van der Waals surface area (Å²) < 4.78 is 19.5. The van der Waals surface area contributed by atoms with Crippen LogP contribution in [0.3, 0.4) is 0 Å². The van der Waals surface area contributed by atoms with Crippen molar-refractivity contribution in [3.05, 3.63) is 70.1 Å². The fraction of sp³-hybridized carbons (Fsp3) is 0.0625. The molecule has 3 aromatic rings. The summed E-state index contributed by atoms with van der Waals surface area (Å²) in [6, 6.07) is 13.3. The van der Waals surface area contributed by atoms with Gasteiger partial charge in [0.05, 0.1) is 10.9 Å². The molecule has 0 fully saturated rings. The van der Waals surface area contributed by atoms with Crippen LogP contribution in [0.5, 0.6) is 0 Å². The molecule has 0 spiro atoms. The number of halogens is 1. The highest BCUT2D eigenvalue weighted by atomic mass is 19.1. The lowest BCUT2D eigenvalue weighted by molar-refractivity contribution is 0.591. The number of fused-ring (bicyclic) bond motifs is 1. The second-order valence-electron chi connectivity index (χ2n) is 4.36. The molecule has 0 amide bonds. The van der Waals surface area contributed by atoms with Crippen molar-refractivity contribution in [2.75, 3.05) is 0 Å². The van der Waals surface area contributed by atoms with Gasteiger partial charge in [0.1, 0.15) is 17.2 Å². The molecule has 2 nitrogen and oxygen atoms in total. The second-order valence-corrected chi connectivity index (χ2v) is 4.36. The molecular formula is C16H11FO2. The van der Waals surface area contributed by atoms with Crippen LogP contribution in [0.15, 0.2) is 57.7 Å². The average Bonchev–Trinajstić information content (AvgIpc) is 2.44. The van der Waals surface area contributed by atoms with Crippen LogP contribution in [0.25, 0.3) is 22.3 Å². The standard InChI is InChI=1S/C16H11FO2/c1-10-15(18)12-7-3-5-9-14(12)19-16(10)11-6-2-4-8-13(11)17/h2-9H,1H3. The summed E-state index contributed by atoms with van der Waals surface area (Å²) >= 11 is 0. The summed E-state index contributed by atoms with van der Waals surface area (Å²) in [5, 5.41) is 0.514. The molecule has 0 atom stereocenters. The molecule has 0 radical (unpaired) electrons. The van der Waals surface area contributed by atoms with Crippen LogP contribution in [0.1, 0.15) is 5.56 Å². The normalized spacial score (nSPS) is 10.8. The molecule has 0 unspecified atom stereocenters. The van der Waals surface area contributed by atoms with E-state index in [1.165, 1.54) is 6.07 Å². The van der Waals surface area contributed by atoms with Gasteiger partial charge in [0, 0.05) is 5.56 Å². The maximum Gasteiger partial charge on any atom is 0.196 e. The number of para-hydroxylation sites is 1. The van der Waals surface area contributed by atoms with E-state index in [1.807, 2.05) is 0 Å². The first-order valence-corrected chi connectivity index (χ1v) is 5.96. The van der Waals surface area contributed by atoms with E-state index in [9.17, 15) is 9.18 Å². The second kappa shape index (κ2) is 4.35. The Hall–Kier alpha value is -2.42. The van der Waals surface area contributed by atoms with Gasteiger partial charge in [0.2, 0.25) is 0 Å². The van der Waals surface area contributed by atoms with Crippen molar-refractivity contribution >= 4 is 11.0 Å². The maximum atomic E-state index is 13.8. The molecule has 1 aromatic heterocycles. The summed E-state index contributed by atoms with van der Waals surface area (Å²) in [7, 11) is 0. The monoisotopic (exact) mass is 254 g/mol. The predicted molar refractivity (Wildman–Crippen MR) is 72.6 cm³/mol. The molecule has 0 aliphatic rings. The van der Waals surface area contributed by atoms with E-state index < -0.39 is 5.82 Å². The highest BCUT2D eigenvalue weighted by Gasteiger charge is 2.14. The molecule has 0 bridgehead atoms. The third-order valence-electron chi connectivity index (χ3n) is 3.14. The molecule has 19 heavy (non-hydrogen) atoms. The number of benzene rings is 2. The molecule has 3 heteroatoms. The van der Waals surface area contributed by atoms with E-state index in [2.05, 4.69) is 0 Å². The average molecular weight is 254 g/mol. The largest absolute Gasteiger partial charge is 0.455 e. The SMILES string of the molecule is Cc1c(-c2ccccc2F)oc2ccccc2c1=O. The number of hydrogen-bond acceptors (Lipinski definition) is 2. The van der Waals surface area contributed by atoms with Crippen molar-refractivity contribution in [1.82, 2.24) is 0 Å². The fourth-order valence-electron chi connectivity index (χ4n) is 2.14. The van der Waals surface area contributed by atoms with Gasteiger partial charge in [-0.15, -0.1) is 0 Å². The van der Waals surface area contributed by atoms with E-state index in [0.29, 0.717) is 27.9 Å². The minimum atomic E-state index is -0.399. The van der Waals surface area contributed by atoms with Crippen LogP contribution in [0, 0.1) is 12.7 Å².